The lowest BCUT2D eigenvalue weighted by molar-refractivity contribution is 0.0533. The molecule has 1 aliphatic rings. The van der Waals surface area contributed by atoms with Crippen LogP contribution in [0.2, 0.25) is 0 Å². The number of allylic oxidation sites excluding steroid dienone is 1. The molecule has 1 unspecified atom stereocenters. The molecule has 0 amide bonds. The molecule has 144 valence electrons. The summed E-state index contributed by atoms with van der Waals surface area (Å²) < 4.78 is 21.6. The van der Waals surface area contributed by atoms with E-state index < -0.39 is 5.97 Å². The minimum Gasteiger partial charge on any atom is -0.507 e. The van der Waals surface area contributed by atoms with E-state index in [2.05, 4.69) is 0 Å². The van der Waals surface area contributed by atoms with E-state index in [1.54, 1.807) is 7.11 Å². The van der Waals surface area contributed by atoms with Gasteiger partial charge in [0.15, 0.2) is 0 Å². The molecular formula is C19H27O6P. The SMILES string of the molecule is COc1c(C)c2c(c(O)c1C/C=C(\C)COCPOC(C)C)C(=O)OC2. The summed E-state index contributed by atoms with van der Waals surface area (Å²) in [7, 11) is 1.88. The summed E-state index contributed by atoms with van der Waals surface area (Å²) in [6.45, 7) is 8.48. The second kappa shape index (κ2) is 9.36. The summed E-state index contributed by atoms with van der Waals surface area (Å²) in [5, 5.41) is 10.6. The van der Waals surface area contributed by atoms with Gasteiger partial charge < -0.3 is 23.8 Å². The highest BCUT2D eigenvalue weighted by Crippen LogP contribution is 2.41. The van der Waals surface area contributed by atoms with Crippen LogP contribution in [-0.2, 0) is 27.0 Å². The zero-order valence-corrected chi connectivity index (χ0v) is 17.0. The van der Waals surface area contributed by atoms with Crippen LogP contribution in [-0.4, -0.2) is 37.2 Å². The fourth-order valence-electron chi connectivity index (χ4n) is 2.82. The summed E-state index contributed by atoms with van der Waals surface area (Å²) in [5.41, 5.74) is 3.40. The molecule has 0 aliphatic carbocycles. The van der Waals surface area contributed by atoms with E-state index in [4.69, 9.17) is 18.7 Å². The number of ether oxygens (including phenoxy) is 3. The van der Waals surface area contributed by atoms with Gasteiger partial charge in [-0.25, -0.2) is 4.79 Å². The Morgan fingerprint density at radius 2 is 2.15 bits per heavy atom. The van der Waals surface area contributed by atoms with Gasteiger partial charge in [0.2, 0.25) is 0 Å². The number of rotatable bonds is 9. The van der Waals surface area contributed by atoms with E-state index in [0.29, 0.717) is 45.1 Å². The van der Waals surface area contributed by atoms with E-state index in [1.807, 2.05) is 33.8 Å². The molecule has 6 nitrogen and oxygen atoms in total. The first-order valence-corrected chi connectivity index (χ1v) is 9.68. The second-order valence-electron chi connectivity index (χ2n) is 6.47. The van der Waals surface area contributed by atoms with Crippen LogP contribution in [0.4, 0.5) is 0 Å². The smallest absolute Gasteiger partial charge is 0.342 e. The number of methoxy groups -OCH3 is 1. The highest BCUT2D eigenvalue weighted by Gasteiger charge is 2.31. The van der Waals surface area contributed by atoms with Crippen molar-refractivity contribution in [1.82, 2.24) is 0 Å². The molecule has 1 atom stereocenters. The van der Waals surface area contributed by atoms with Crippen molar-refractivity contribution in [3.8, 4) is 11.5 Å². The Morgan fingerprint density at radius 1 is 1.42 bits per heavy atom. The lowest BCUT2D eigenvalue weighted by Crippen LogP contribution is -2.03. The Kier molecular flexibility index (Phi) is 7.44. The van der Waals surface area contributed by atoms with Crippen molar-refractivity contribution in [2.45, 2.75) is 46.8 Å². The number of hydrogen-bond donors (Lipinski definition) is 1. The summed E-state index contributed by atoms with van der Waals surface area (Å²) in [6.07, 6.45) is 3.17. The number of carbonyl (C=O) groups is 1. The Morgan fingerprint density at radius 3 is 2.81 bits per heavy atom. The molecule has 1 N–H and O–H groups in total. The van der Waals surface area contributed by atoms with Crippen molar-refractivity contribution in [3.63, 3.8) is 0 Å². The zero-order valence-electron chi connectivity index (χ0n) is 16.0. The lowest BCUT2D eigenvalue weighted by Gasteiger charge is -2.15. The number of cyclic esters (lactones) is 1. The first-order valence-electron chi connectivity index (χ1n) is 8.57. The number of esters is 1. The molecule has 26 heavy (non-hydrogen) atoms. The minimum atomic E-state index is -0.486. The standard InChI is InChI=1S/C19H27O6P/c1-11(2)25-26-10-23-8-12(3)6-7-14-17(20)16-15(9-24-19(16)21)13(4)18(14)22-5/h6,11,20,26H,7-10H2,1-5H3/b12-6+. The largest absolute Gasteiger partial charge is 0.507 e. The van der Waals surface area contributed by atoms with Crippen LogP contribution in [0.1, 0.15) is 47.8 Å². The third-order valence-corrected chi connectivity index (χ3v) is 5.07. The third kappa shape index (κ3) is 4.76. The molecule has 1 aliphatic heterocycles. The van der Waals surface area contributed by atoms with Gasteiger partial charge in [0.1, 0.15) is 23.7 Å². The highest BCUT2D eigenvalue weighted by molar-refractivity contribution is 7.31. The third-order valence-electron chi connectivity index (χ3n) is 4.11. The lowest BCUT2D eigenvalue weighted by atomic mass is 9.95. The molecule has 0 saturated heterocycles. The fraction of sp³-hybridized carbons (Fsp3) is 0.526. The van der Waals surface area contributed by atoms with E-state index in [9.17, 15) is 9.90 Å². The van der Waals surface area contributed by atoms with E-state index in [-0.39, 0.29) is 24.0 Å². The highest BCUT2D eigenvalue weighted by atomic mass is 31.1. The number of aromatic hydroxyl groups is 1. The molecule has 0 bridgehead atoms. The Hall–Kier alpha value is -1.62. The topological polar surface area (TPSA) is 74.2 Å². The molecule has 2 rings (SSSR count). The van der Waals surface area contributed by atoms with Gasteiger partial charge in [-0.3, -0.25) is 0 Å². The predicted octanol–water partition coefficient (Wildman–Crippen LogP) is 3.86. The van der Waals surface area contributed by atoms with Crippen molar-refractivity contribution in [1.29, 1.82) is 0 Å². The normalized spacial score (nSPS) is 14.4. The van der Waals surface area contributed by atoms with Crippen LogP contribution in [0.5, 0.6) is 11.5 Å². The molecule has 0 radical (unpaired) electrons. The van der Waals surface area contributed by atoms with Crippen LogP contribution in [0.25, 0.3) is 0 Å². The Bertz CT molecular complexity index is 696. The maximum Gasteiger partial charge on any atom is 0.342 e. The number of benzene rings is 1. The number of fused-ring (bicyclic) bond motifs is 1. The monoisotopic (exact) mass is 382 g/mol. The second-order valence-corrected chi connectivity index (χ2v) is 7.29. The molecule has 0 aromatic heterocycles. The van der Waals surface area contributed by atoms with Crippen molar-refractivity contribution in [2.75, 3.05) is 20.1 Å². The summed E-state index contributed by atoms with van der Waals surface area (Å²) in [6, 6.07) is 0. The average molecular weight is 382 g/mol. The molecular weight excluding hydrogens is 355 g/mol. The first-order chi connectivity index (χ1) is 12.4. The van der Waals surface area contributed by atoms with Gasteiger partial charge in [-0.05, 0) is 39.7 Å². The van der Waals surface area contributed by atoms with E-state index in [0.717, 1.165) is 11.1 Å². The van der Waals surface area contributed by atoms with E-state index >= 15 is 0 Å². The number of carbonyl (C=O) groups excluding carboxylic acids is 1. The van der Waals surface area contributed by atoms with Gasteiger partial charge in [-0.15, -0.1) is 0 Å². The summed E-state index contributed by atoms with van der Waals surface area (Å²) in [5.74, 6) is 0.0535. The van der Waals surface area contributed by atoms with Gasteiger partial charge in [0.25, 0.3) is 0 Å². The van der Waals surface area contributed by atoms with Gasteiger partial charge >= 0.3 is 5.97 Å². The maximum absolute atomic E-state index is 11.9. The Balaban J connectivity index is 2.08. The maximum atomic E-state index is 11.9. The fourth-order valence-corrected chi connectivity index (χ4v) is 3.40. The number of phenolic OH excluding ortho intramolecular Hbond substituents is 1. The molecule has 0 spiro atoms. The molecule has 0 fully saturated rings. The number of hydrogen-bond acceptors (Lipinski definition) is 6. The van der Waals surface area contributed by atoms with Crippen LogP contribution < -0.4 is 4.74 Å². The molecule has 7 heteroatoms. The van der Waals surface area contributed by atoms with Crippen LogP contribution in [0, 0.1) is 6.92 Å². The quantitative estimate of drug-likeness (QED) is 0.303. The summed E-state index contributed by atoms with van der Waals surface area (Å²) >= 11 is 0. The molecule has 1 aromatic carbocycles. The van der Waals surface area contributed by atoms with Gasteiger partial charge in [-0.2, -0.15) is 0 Å². The van der Waals surface area contributed by atoms with Crippen molar-refractivity contribution in [3.05, 3.63) is 33.9 Å². The van der Waals surface area contributed by atoms with Gasteiger partial charge in [-0.1, -0.05) is 11.6 Å². The van der Waals surface area contributed by atoms with Crippen molar-refractivity contribution >= 4 is 14.8 Å². The Labute approximate surface area is 156 Å². The van der Waals surface area contributed by atoms with Crippen LogP contribution >= 0.6 is 8.81 Å². The van der Waals surface area contributed by atoms with Crippen molar-refractivity contribution in [2.24, 2.45) is 0 Å². The van der Waals surface area contributed by atoms with E-state index in [1.165, 1.54) is 0 Å². The average Bonchev–Trinajstić information content (AvgIpc) is 2.98. The predicted molar refractivity (Wildman–Crippen MR) is 101 cm³/mol. The summed E-state index contributed by atoms with van der Waals surface area (Å²) in [4.78, 5) is 11.9. The van der Waals surface area contributed by atoms with Crippen LogP contribution in [0.15, 0.2) is 11.6 Å². The first kappa shape index (κ1) is 20.7. The molecule has 0 saturated carbocycles. The van der Waals surface area contributed by atoms with Gasteiger partial charge in [0, 0.05) is 19.9 Å². The molecule has 1 heterocycles. The zero-order chi connectivity index (χ0) is 19.3. The van der Waals surface area contributed by atoms with Crippen molar-refractivity contribution < 1.29 is 28.6 Å². The van der Waals surface area contributed by atoms with Crippen LogP contribution in [0.3, 0.4) is 0 Å². The molecule has 1 aromatic rings. The van der Waals surface area contributed by atoms with Gasteiger partial charge in [0.05, 0.1) is 26.2 Å². The minimum absolute atomic E-state index is 0.0540. The number of phenols is 1.